The molecule has 180 valence electrons. The van der Waals surface area contributed by atoms with Gasteiger partial charge in [0, 0.05) is 32.8 Å². The second-order valence-corrected chi connectivity index (χ2v) is 9.58. The minimum Gasteiger partial charge on any atom is -0.309 e. The summed E-state index contributed by atoms with van der Waals surface area (Å²) in [5.74, 6) is 0. The van der Waals surface area contributed by atoms with Crippen LogP contribution in [0.1, 0.15) is 0 Å². The smallest absolute Gasteiger partial charge is 0.0541 e. The molecule has 2 heteroatoms. The van der Waals surface area contributed by atoms with Crippen LogP contribution in [0.25, 0.3) is 67.9 Å². The first-order valence-electron chi connectivity index (χ1n) is 12.9. The molecule has 0 radical (unpaired) electrons. The highest BCUT2D eigenvalue weighted by atomic mass is 15.0. The number of rotatable bonds is 4. The van der Waals surface area contributed by atoms with Crippen LogP contribution in [0.15, 0.2) is 134 Å². The first-order chi connectivity index (χ1) is 18.7. The molecule has 38 heavy (non-hydrogen) atoms. The molecule has 2 nitrogen and oxygen atoms in total. The Morgan fingerprint density at radius 1 is 0.474 bits per heavy atom. The third kappa shape index (κ3) is 3.35. The van der Waals surface area contributed by atoms with Crippen molar-refractivity contribution in [3.05, 3.63) is 145 Å². The molecule has 0 spiro atoms. The second kappa shape index (κ2) is 8.79. The molecule has 0 saturated carbocycles. The Labute approximate surface area is 221 Å². The van der Waals surface area contributed by atoms with Crippen LogP contribution in [0.3, 0.4) is 0 Å². The van der Waals surface area contributed by atoms with Crippen LogP contribution in [0.4, 0.5) is 0 Å². The van der Waals surface area contributed by atoms with Crippen LogP contribution < -0.4 is 10.6 Å². The minimum absolute atomic E-state index is 1.02. The zero-order valence-electron chi connectivity index (χ0n) is 21.0. The molecule has 5 aromatic carbocycles. The van der Waals surface area contributed by atoms with E-state index in [4.69, 9.17) is 0 Å². The number of allylic oxidation sites excluding steroid dienone is 1. The molecular formula is C36H26N2. The van der Waals surface area contributed by atoms with E-state index in [2.05, 4.69) is 144 Å². The average molecular weight is 487 g/mol. The number of hydrogen-bond acceptors (Lipinski definition) is 0. The highest BCUT2D eigenvalue weighted by Crippen LogP contribution is 2.32. The van der Waals surface area contributed by atoms with Gasteiger partial charge in [-0.25, -0.2) is 0 Å². The predicted octanol–water partition coefficient (Wildman–Crippen LogP) is 7.77. The number of aromatic nitrogens is 2. The maximum Gasteiger partial charge on any atom is 0.0541 e. The number of para-hydroxylation sites is 3. The van der Waals surface area contributed by atoms with Gasteiger partial charge in [0.15, 0.2) is 0 Å². The predicted molar refractivity (Wildman–Crippen MR) is 162 cm³/mol. The fourth-order valence-electron chi connectivity index (χ4n) is 5.70. The summed E-state index contributed by atoms with van der Waals surface area (Å²) >= 11 is 0. The highest BCUT2D eigenvalue weighted by Gasteiger charge is 2.12. The minimum atomic E-state index is 1.02. The van der Waals surface area contributed by atoms with Gasteiger partial charge in [-0.05, 0) is 59.7 Å². The van der Waals surface area contributed by atoms with E-state index in [-0.39, 0.29) is 0 Å². The van der Waals surface area contributed by atoms with E-state index in [9.17, 15) is 0 Å². The van der Waals surface area contributed by atoms with Crippen molar-refractivity contribution in [1.29, 1.82) is 0 Å². The summed E-state index contributed by atoms with van der Waals surface area (Å²) in [7, 11) is 0. The fourth-order valence-corrected chi connectivity index (χ4v) is 5.70. The zero-order valence-corrected chi connectivity index (χ0v) is 21.0. The van der Waals surface area contributed by atoms with E-state index in [1.165, 1.54) is 32.9 Å². The molecule has 0 aliphatic rings. The van der Waals surface area contributed by atoms with Crippen molar-refractivity contribution in [2.45, 2.75) is 0 Å². The molecule has 0 aliphatic carbocycles. The molecule has 0 aliphatic heterocycles. The van der Waals surface area contributed by atoms with E-state index >= 15 is 0 Å². The van der Waals surface area contributed by atoms with Gasteiger partial charge in [0.1, 0.15) is 0 Å². The van der Waals surface area contributed by atoms with Crippen molar-refractivity contribution in [3.8, 4) is 22.5 Å². The van der Waals surface area contributed by atoms with Crippen molar-refractivity contribution >= 4 is 45.4 Å². The van der Waals surface area contributed by atoms with E-state index in [1.54, 1.807) is 0 Å². The largest absolute Gasteiger partial charge is 0.309 e. The lowest BCUT2D eigenvalue weighted by molar-refractivity contribution is 1.07. The summed E-state index contributed by atoms with van der Waals surface area (Å²) in [5.41, 5.74) is 8.23. The lowest BCUT2D eigenvalue weighted by Crippen LogP contribution is -2.26. The first-order valence-corrected chi connectivity index (χ1v) is 12.9. The third-order valence-corrected chi connectivity index (χ3v) is 7.46. The molecule has 0 amide bonds. The second-order valence-electron chi connectivity index (χ2n) is 9.58. The van der Waals surface area contributed by atoms with Gasteiger partial charge in [-0.2, -0.15) is 0 Å². The monoisotopic (exact) mass is 486 g/mol. The average Bonchev–Trinajstić information content (AvgIpc) is 3.46. The molecule has 0 N–H and O–H groups in total. The molecule has 2 heterocycles. The van der Waals surface area contributed by atoms with E-state index < -0.39 is 0 Å². The number of nitrogens with zero attached hydrogens (tertiary/aromatic N) is 2. The van der Waals surface area contributed by atoms with Gasteiger partial charge < -0.3 is 9.13 Å². The molecular weight excluding hydrogens is 460 g/mol. The maximum atomic E-state index is 4.34. The molecule has 0 bridgehead atoms. The lowest BCUT2D eigenvalue weighted by Gasteiger charge is -2.11. The first kappa shape index (κ1) is 22.1. The molecule has 0 unspecified atom stereocenters. The van der Waals surface area contributed by atoms with Crippen LogP contribution in [-0.4, -0.2) is 9.13 Å². The van der Waals surface area contributed by atoms with Crippen LogP contribution >= 0.6 is 0 Å². The fraction of sp³-hybridized carbons (Fsp3) is 0. The van der Waals surface area contributed by atoms with E-state index in [0.717, 1.165) is 32.8 Å². The van der Waals surface area contributed by atoms with Crippen LogP contribution in [0, 0.1) is 0 Å². The Balaban J connectivity index is 1.29. The van der Waals surface area contributed by atoms with Crippen molar-refractivity contribution in [2.24, 2.45) is 0 Å². The van der Waals surface area contributed by atoms with Gasteiger partial charge in [0.05, 0.1) is 21.9 Å². The normalized spacial score (nSPS) is 12.1. The van der Waals surface area contributed by atoms with Crippen LogP contribution in [-0.2, 0) is 0 Å². The van der Waals surface area contributed by atoms with Crippen molar-refractivity contribution in [2.75, 3.05) is 0 Å². The molecule has 7 rings (SSSR count). The van der Waals surface area contributed by atoms with Gasteiger partial charge in [-0.1, -0.05) is 98.1 Å². The standard InChI is InChI=1S/C36H26N2/c1-3-10-33-25(2)30-11-4-7-14-34(30)37(33)28-21-17-26(18-22-28)27-19-23-29(24-20-27)38-35-15-8-5-12-31(35)32-13-6-9-16-36(32)38/h3-24H,1-2H2. The van der Waals surface area contributed by atoms with Crippen molar-refractivity contribution in [3.63, 3.8) is 0 Å². The number of benzene rings is 5. The summed E-state index contributed by atoms with van der Waals surface area (Å²) in [6.45, 7) is 8.26. The SMILES string of the molecule is C=CC=c1c(=C)c2ccccc2n1-c1ccc(-c2ccc(-n3c4ccccc4c4ccccc43)cc2)cc1. The maximum absolute atomic E-state index is 4.34. The number of hydrogen-bond donors (Lipinski definition) is 0. The summed E-state index contributed by atoms with van der Waals surface area (Å²) in [6.07, 6.45) is 3.86. The number of fused-ring (bicyclic) bond motifs is 4. The topological polar surface area (TPSA) is 9.86 Å². The summed E-state index contributed by atoms with van der Waals surface area (Å²) in [5, 5.41) is 5.79. The summed E-state index contributed by atoms with van der Waals surface area (Å²) in [6, 6.07) is 43.3. The Morgan fingerprint density at radius 3 is 1.39 bits per heavy atom. The van der Waals surface area contributed by atoms with Crippen molar-refractivity contribution < 1.29 is 0 Å². The van der Waals surface area contributed by atoms with Gasteiger partial charge in [-0.15, -0.1) is 0 Å². The molecule has 0 fully saturated rings. The Bertz CT molecular complexity index is 2030. The van der Waals surface area contributed by atoms with Gasteiger partial charge in [-0.3, -0.25) is 0 Å². The van der Waals surface area contributed by atoms with E-state index in [1.807, 2.05) is 12.2 Å². The van der Waals surface area contributed by atoms with Crippen molar-refractivity contribution in [1.82, 2.24) is 9.13 Å². The zero-order chi connectivity index (χ0) is 25.6. The molecule has 7 aromatic rings. The lowest BCUT2D eigenvalue weighted by atomic mass is 10.0. The van der Waals surface area contributed by atoms with Gasteiger partial charge in [0.25, 0.3) is 0 Å². The summed E-state index contributed by atoms with van der Waals surface area (Å²) < 4.78 is 4.61. The van der Waals surface area contributed by atoms with Gasteiger partial charge >= 0.3 is 0 Å². The highest BCUT2D eigenvalue weighted by molar-refractivity contribution is 6.09. The Kier molecular flexibility index (Phi) is 5.12. The van der Waals surface area contributed by atoms with E-state index in [0.29, 0.717) is 0 Å². The Morgan fingerprint density at radius 2 is 0.895 bits per heavy atom. The quantitative estimate of drug-likeness (QED) is 0.240. The Hall–Kier alpha value is -5.08. The molecule has 0 atom stereocenters. The molecule has 2 aromatic heterocycles. The van der Waals surface area contributed by atoms with Gasteiger partial charge in [0.2, 0.25) is 0 Å². The summed E-state index contributed by atoms with van der Waals surface area (Å²) in [4.78, 5) is 0. The molecule has 0 saturated heterocycles. The van der Waals surface area contributed by atoms with Crippen LogP contribution in [0.5, 0.6) is 0 Å². The van der Waals surface area contributed by atoms with Crippen LogP contribution in [0.2, 0.25) is 0 Å². The third-order valence-electron chi connectivity index (χ3n) is 7.46.